The maximum absolute atomic E-state index is 11.9. The third-order valence-electron chi connectivity index (χ3n) is 3.03. The number of hydrogen-bond donors (Lipinski definition) is 1. The Morgan fingerprint density at radius 1 is 1.60 bits per heavy atom. The zero-order valence-electron chi connectivity index (χ0n) is 11.7. The summed E-state index contributed by atoms with van der Waals surface area (Å²) in [6.45, 7) is 5.45. The molecule has 0 spiro atoms. The van der Waals surface area contributed by atoms with E-state index < -0.39 is 6.09 Å². The third kappa shape index (κ3) is 3.25. The summed E-state index contributed by atoms with van der Waals surface area (Å²) in [7, 11) is 0. The number of amides is 2. The highest BCUT2D eigenvalue weighted by molar-refractivity contribution is 5.82. The summed E-state index contributed by atoms with van der Waals surface area (Å²) in [5, 5.41) is 6.94. The quantitative estimate of drug-likeness (QED) is 0.811. The first kappa shape index (κ1) is 14.3. The Balaban J connectivity index is 1.90. The lowest BCUT2D eigenvalue weighted by molar-refractivity contribution is -0.122. The normalized spacial score (nSPS) is 16.1. The molecule has 110 valence electrons. The van der Waals surface area contributed by atoms with E-state index in [9.17, 15) is 9.59 Å². The standard InChI is InChI=1S/C12H19N5O3/c1-3-4-17-11(13-8-14-17)9(2)15-10(18)7-16-5-6-20-12(16)19/h8-9H,3-7H2,1-2H3,(H,15,18)/t9-/m0/s1. The van der Waals surface area contributed by atoms with Gasteiger partial charge in [0.25, 0.3) is 0 Å². The van der Waals surface area contributed by atoms with Crippen LogP contribution in [0.25, 0.3) is 0 Å². The van der Waals surface area contributed by atoms with Gasteiger partial charge in [-0.25, -0.2) is 14.5 Å². The first-order chi connectivity index (χ1) is 9.61. The van der Waals surface area contributed by atoms with Crippen LogP contribution in [0.4, 0.5) is 4.79 Å². The summed E-state index contributed by atoms with van der Waals surface area (Å²) in [6.07, 6.45) is 1.98. The first-order valence-electron chi connectivity index (χ1n) is 6.70. The average molecular weight is 281 g/mol. The van der Waals surface area contributed by atoms with Gasteiger partial charge in [-0.3, -0.25) is 9.69 Å². The van der Waals surface area contributed by atoms with Gasteiger partial charge < -0.3 is 10.1 Å². The van der Waals surface area contributed by atoms with Gasteiger partial charge in [0.2, 0.25) is 5.91 Å². The van der Waals surface area contributed by atoms with Crippen molar-refractivity contribution in [2.24, 2.45) is 0 Å². The number of nitrogens with one attached hydrogen (secondary N) is 1. The number of cyclic esters (lactones) is 1. The van der Waals surface area contributed by atoms with E-state index >= 15 is 0 Å². The van der Waals surface area contributed by atoms with Gasteiger partial charge in [0.15, 0.2) is 0 Å². The maximum Gasteiger partial charge on any atom is 0.410 e. The van der Waals surface area contributed by atoms with Crippen molar-refractivity contribution in [3.05, 3.63) is 12.2 Å². The molecular formula is C12H19N5O3. The van der Waals surface area contributed by atoms with Crippen LogP contribution in [-0.2, 0) is 16.1 Å². The van der Waals surface area contributed by atoms with Gasteiger partial charge in [-0.15, -0.1) is 0 Å². The Hall–Kier alpha value is -2.12. The van der Waals surface area contributed by atoms with Crippen LogP contribution in [0.1, 0.15) is 32.1 Å². The van der Waals surface area contributed by atoms with Gasteiger partial charge in [-0.05, 0) is 13.3 Å². The molecule has 1 aromatic rings. The van der Waals surface area contributed by atoms with Crippen LogP contribution in [-0.4, -0.2) is 51.4 Å². The number of carbonyl (C=O) groups is 2. The molecule has 2 rings (SSSR count). The molecular weight excluding hydrogens is 262 g/mol. The molecule has 20 heavy (non-hydrogen) atoms. The van der Waals surface area contributed by atoms with E-state index in [4.69, 9.17) is 4.74 Å². The molecule has 1 aliphatic heterocycles. The second-order valence-corrected chi connectivity index (χ2v) is 4.67. The van der Waals surface area contributed by atoms with Gasteiger partial charge >= 0.3 is 6.09 Å². The highest BCUT2D eigenvalue weighted by Crippen LogP contribution is 2.09. The lowest BCUT2D eigenvalue weighted by Crippen LogP contribution is -2.39. The SMILES string of the molecule is CCCn1ncnc1[C@H](C)NC(=O)CN1CCOC1=O. The van der Waals surface area contributed by atoms with Crippen LogP contribution in [0.15, 0.2) is 6.33 Å². The molecule has 2 heterocycles. The van der Waals surface area contributed by atoms with Crippen LogP contribution >= 0.6 is 0 Å². The van der Waals surface area contributed by atoms with Crippen molar-refractivity contribution in [1.82, 2.24) is 25.0 Å². The number of nitrogens with zero attached hydrogens (tertiary/aromatic N) is 4. The minimum atomic E-state index is -0.443. The molecule has 1 saturated heterocycles. The zero-order valence-corrected chi connectivity index (χ0v) is 11.7. The van der Waals surface area contributed by atoms with Gasteiger partial charge in [-0.2, -0.15) is 5.10 Å². The average Bonchev–Trinajstić information content (AvgIpc) is 3.00. The molecule has 0 radical (unpaired) electrons. The summed E-state index contributed by atoms with van der Waals surface area (Å²) >= 11 is 0. The molecule has 2 amide bonds. The van der Waals surface area contributed by atoms with Crippen LogP contribution in [0.5, 0.6) is 0 Å². The zero-order chi connectivity index (χ0) is 14.5. The molecule has 0 aromatic carbocycles. The summed E-state index contributed by atoms with van der Waals surface area (Å²) in [4.78, 5) is 28.7. The molecule has 0 saturated carbocycles. The minimum absolute atomic E-state index is 0.00505. The van der Waals surface area contributed by atoms with Gasteiger partial charge in [-0.1, -0.05) is 6.92 Å². The Labute approximate surface area is 117 Å². The number of aromatic nitrogens is 3. The van der Waals surface area contributed by atoms with Crippen molar-refractivity contribution in [3.8, 4) is 0 Å². The molecule has 0 aliphatic carbocycles. The molecule has 0 unspecified atom stereocenters. The topological polar surface area (TPSA) is 89.3 Å². The fourth-order valence-corrected chi connectivity index (χ4v) is 2.09. The van der Waals surface area contributed by atoms with E-state index in [0.29, 0.717) is 19.0 Å². The smallest absolute Gasteiger partial charge is 0.410 e. The van der Waals surface area contributed by atoms with Gasteiger partial charge in [0.1, 0.15) is 25.3 Å². The fraction of sp³-hybridized carbons (Fsp3) is 0.667. The predicted octanol–water partition coefficient (Wildman–Crippen LogP) is 0.317. The summed E-state index contributed by atoms with van der Waals surface area (Å²) in [5.74, 6) is 0.478. The Kier molecular flexibility index (Phi) is 4.54. The third-order valence-corrected chi connectivity index (χ3v) is 3.03. The minimum Gasteiger partial charge on any atom is -0.448 e. The largest absolute Gasteiger partial charge is 0.448 e. The Bertz CT molecular complexity index is 487. The number of ether oxygens (including phenoxy) is 1. The summed E-state index contributed by atoms with van der Waals surface area (Å²) < 4.78 is 6.55. The summed E-state index contributed by atoms with van der Waals surface area (Å²) in [5.41, 5.74) is 0. The Morgan fingerprint density at radius 2 is 2.40 bits per heavy atom. The molecule has 1 atom stereocenters. The van der Waals surface area contributed by atoms with Crippen molar-refractivity contribution >= 4 is 12.0 Å². The van der Waals surface area contributed by atoms with Gasteiger partial charge in [0, 0.05) is 6.54 Å². The summed E-state index contributed by atoms with van der Waals surface area (Å²) in [6, 6.07) is -0.254. The maximum atomic E-state index is 11.9. The van der Waals surface area contributed by atoms with E-state index in [1.807, 2.05) is 13.8 Å². The van der Waals surface area contributed by atoms with Crippen molar-refractivity contribution < 1.29 is 14.3 Å². The van der Waals surface area contributed by atoms with Crippen molar-refractivity contribution in [2.45, 2.75) is 32.9 Å². The van der Waals surface area contributed by atoms with Crippen LogP contribution < -0.4 is 5.32 Å². The predicted molar refractivity (Wildman–Crippen MR) is 69.8 cm³/mol. The lowest BCUT2D eigenvalue weighted by atomic mass is 10.3. The lowest BCUT2D eigenvalue weighted by Gasteiger charge is -2.17. The van der Waals surface area contributed by atoms with E-state index in [1.54, 1.807) is 4.68 Å². The molecule has 8 nitrogen and oxygen atoms in total. The second kappa shape index (κ2) is 6.36. The van der Waals surface area contributed by atoms with E-state index in [2.05, 4.69) is 15.4 Å². The second-order valence-electron chi connectivity index (χ2n) is 4.67. The molecule has 1 aromatic heterocycles. The fourth-order valence-electron chi connectivity index (χ4n) is 2.09. The van der Waals surface area contributed by atoms with Crippen LogP contribution in [0.3, 0.4) is 0 Å². The van der Waals surface area contributed by atoms with Crippen LogP contribution in [0.2, 0.25) is 0 Å². The van der Waals surface area contributed by atoms with Crippen molar-refractivity contribution in [1.29, 1.82) is 0 Å². The number of hydrogen-bond acceptors (Lipinski definition) is 5. The van der Waals surface area contributed by atoms with E-state index in [1.165, 1.54) is 11.2 Å². The van der Waals surface area contributed by atoms with Crippen LogP contribution in [0, 0.1) is 0 Å². The number of aryl methyl sites for hydroxylation is 1. The molecule has 0 bridgehead atoms. The Morgan fingerprint density at radius 3 is 3.05 bits per heavy atom. The first-order valence-corrected chi connectivity index (χ1v) is 6.70. The highest BCUT2D eigenvalue weighted by atomic mass is 16.6. The molecule has 8 heteroatoms. The van der Waals surface area contributed by atoms with E-state index in [-0.39, 0.29) is 18.5 Å². The van der Waals surface area contributed by atoms with Gasteiger partial charge in [0.05, 0.1) is 12.6 Å². The molecule has 1 N–H and O–H groups in total. The number of carbonyl (C=O) groups excluding carboxylic acids is 2. The van der Waals surface area contributed by atoms with Crippen molar-refractivity contribution in [2.75, 3.05) is 19.7 Å². The molecule has 1 aliphatic rings. The van der Waals surface area contributed by atoms with E-state index in [0.717, 1.165) is 13.0 Å². The number of rotatable bonds is 6. The highest BCUT2D eigenvalue weighted by Gasteiger charge is 2.25. The molecule has 1 fully saturated rings. The monoisotopic (exact) mass is 281 g/mol. The van der Waals surface area contributed by atoms with Crippen molar-refractivity contribution in [3.63, 3.8) is 0 Å².